The number of sulfone groups is 2. The van der Waals surface area contributed by atoms with E-state index in [4.69, 9.17) is 21.1 Å². The van der Waals surface area contributed by atoms with Gasteiger partial charge >= 0.3 is 0 Å². The van der Waals surface area contributed by atoms with Gasteiger partial charge in [-0.05, 0) is 55.8 Å². The standard InChI is InChI=1S/C24H28ClF2NO6S2.ClH/c1-2-28-11-14-35(29,30)13-9-21-18-15-34-23-20(27)8-7-19(26)22(23)24(18,10-12-33-21)36(31,32)17-5-3-16(25)4-6-17;/h3-8,18,21,28H,2,9-15H2,1H3;1H/t18-,21-,24-;/m0./s1. The van der Waals surface area contributed by atoms with Crippen LogP contribution in [0.15, 0.2) is 41.3 Å². The number of halogens is 4. The summed E-state index contributed by atoms with van der Waals surface area (Å²) in [6.07, 6.45) is -1.03. The number of fused-ring (bicyclic) bond motifs is 3. The van der Waals surface area contributed by atoms with E-state index < -0.39 is 53.8 Å². The summed E-state index contributed by atoms with van der Waals surface area (Å²) in [6.45, 7) is 2.44. The summed E-state index contributed by atoms with van der Waals surface area (Å²) < 4.78 is 93.3. The van der Waals surface area contributed by atoms with Crippen LogP contribution in [0.1, 0.15) is 25.3 Å². The average molecular weight is 601 g/mol. The van der Waals surface area contributed by atoms with E-state index in [0.717, 1.165) is 12.1 Å². The molecule has 0 unspecified atom stereocenters. The van der Waals surface area contributed by atoms with Crippen molar-refractivity contribution in [1.29, 1.82) is 0 Å². The Kier molecular flexibility index (Phi) is 9.51. The van der Waals surface area contributed by atoms with E-state index in [1.807, 2.05) is 6.92 Å². The molecule has 0 spiro atoms. The number of hydrogen-bond donors (Lipinski definition) is 1. The maximum Gasteiger partial charge on any atom is 0.189 e. The molecule has 7 nitrogen and oxygen atoms in total. The molecular formula is C24H29Cl2F2NO6S2. The highest BCUT2D eigenvalue weighted by Crippen LogP contribution is 2.55. The van der Waals surface area contributed by atoms with E-state index in [1.54, 1.807) is 0 Å². The maximum absolute atomic E-state index is 15.4. The van der Waals surface area contributed by atoms with Crippen molar-refractivity contribution in [1.82, 2.24) is 5.32 Å². The molecule has 37 heavy (non-hydrogen) atoms. The molecule has 13 heteroatoms. The number of nitrogens with one attached hydrogen (secondary N) is 1. The predicted molar refractivity (Wildman–Crippen MR) is 139 cm³/mol. The molecule has 0 saturated carbocycles. The van der Waals surface area contributed by atoms with Gasteiger partial charge in [0.05, 0.1) is 34.7 Å². The van der Waals surface area contributed by atoms with E-state index in [2.05, 4.69) is 5.32 Å². The second-order valence-corrected chi connectivity index (χ2v) is 13.9. The SMILES string of the molecule is CCNCCS(=O)(=O)CC[C@@H]1OCC[C@@]2(S(=O)(=O)c3ccc(Cl)cc3)c3c(F)ccc(F)c3OC[C@@H]12.Cl. The van der Waals surface area contributed by atoms with Crippen LogP contribution in [0.4, 0.5) is 8.78 Å². The van der Waals surface area contributed by atoms with Gasteiger partial charge in [0.15, 0.2) is 31.2 Å². The summed E-state index contributed by atoms with van der Waals surface area (Å²) in [5.74, 6) is -3.51. The highest BCUT2D eigenvalue weighted by atomic mass is 35.5. The van der Waals surface area contributed by atoms with Gasteiger partial charge in [-0.15, -0.1) is 12.4 Å². The molecule has 1 saturated heterocycles. The third kappa shape index (κ3) is 5.62. The summed E-state index contributed by atoms with van der Waals surface area (Å²) in [5, 5.41) is 3.28. The zero-order chi connectivity index (χ0) is 26.1. The molecule has 1 fully saturated rings. The van der Waals surface area contributed by atoms with Gasteiger partial charge in [0, 0.05) is 24.1 Å². The molecule has 2 heterocycles. The fourth-order valence-corrected chi connectivity index (χ4v) is 8.86. The van der Waals surface area contributed by atoms with Gasteiger partial charge in [0.2, 0.25) is 0 Å². The number of ether oxygens (including phenoxy) is 2. The largest absolute Gasteiger partial charge is 0.490 e. The summed E-state index contributed by atoms with van der Waals surface area (Å²) in [6, 6.07) is 7.25. The van der Waals surface area contributed by atoms with Crippen LogP contribution in [-0.2, 0) is 29.2 Å². The molecule has 4 rings (SSSR count). The molecule has 0 aromatic heterocycles. The lowest BCUT2D eigenvalue weighted by atomic mass is 9.75. The normalized spacial score (nSPS) is 23.4. The Bertz CT molecular complexity index is 1330. The molecule has 1 N–H and O–H groups in total. The van der Waals surface area contributed by atoms with E-state index in [-0.39, 0.29) is 60.4 Å². The first-order valence-corrected chi connectivity index (χ1v) is 15.4. The Labute approximate surface area is 227 Å². The Morgan fingerprint density at radius 3 is 2.41 bits per heavy atom. The first kappa shape index (κ1) is 30.0. The molecule has 0 bridgehead atoms. The van der Waals surface area contributed by atoms with Crippen molar-refractivity contribution in [3.8, 4) is 5.75 Å². The molecule has 2 aromatic carbocycles. The van der Waals surface area contributed by atoms with Crippen LogP contribution in [0.5, 0.6) is 5.75 Å². The Morgan fingerprint density at radius 2 is 1.73 bits per heavy atom. The Morgan fingerprint density at radius 1 is 1.05 bits per heavy atom. The van der Waals surface area contributed by atoms with E-state index in [9.17, 15) is 21.2 Å². The summed E-state index contributed by atoms with van der Waals surface area (Å²) in [4.78, 5) is -0.104. The molecule has 2 aliphatic rings. The fourth-order valence-electron chi connectivity index (χ4n) is 5.14. The number of benzene rings is 2. The van der Waals surface area contributed by atoms with Gasteiger partial charge in [-0.1, -0.05) is 18.5 Å². The van der Waals surface area contributed by atoms with Crippen LogP contribution in [0, 0.1) is 17.6 Å². The molecule has 0 amide bonds. The molecule has 206 valence electrons. The molecule has 2 aliphatic heterocycles. The molecule has 0 aliphatic carbocycles. The van der Waals surface area contributed by atoms with Crippen LogP contribution in [-0.4, -0.2) is 60.7 Å². The van der Waals surface area contributed by atoms with Gasteiger partial charge in [0.25, 0.3) is 0 Å². The van der Waals surface area contributed by atoms with Crippen molar-refractivity contribution in [2.45, 2.75) is 35.5 Å². The van der Waals surface area contributed by atoms with Crippen LogP contribution in [0.3, 0.4) is 0 Å². The van der Waals surface area contributed by atoms with Crippen molar-refractivity contribution >= 4 is 43.7 Å². The molecular weight excluding hydrogens is 571 g/mol. The summed E-state index contributed by atoms with van der Waals surface area (Å²) in [7, 11) is -7.80. The quantitative estimate of drug-likeness (QED) is 0.436. The van der Waals surface area contributed by atoms with Gasteiger partial charge < -0.3 is 14.8 Å². The fraction of sp³-hybridized carbons (Fsp3) is 0.500. The highest BCUT2D eigenvalue weighted by molar-refractivity contribution is 7.92. The minimum absolute atomic E-state index is 0. The first-order chi connectivity index (χ1) is 17.0. The van der Waals surface area contributed by atoms with Crippen LogP contribution < -0.4 is 10.1 Å². The third-order valence-corrected chi connectivity index (χ3v) is 11.4. The topological polar surface area (TPSA) is 98.8 Å². The minimum atomic E-state index is -4.34. The van der Waals surface area contributed by atoms with Crippen molar-refractivity contribution in [3.63, 3.8) is 0 Å². The first-order valence-electron chi connectivity index (χ1n) is 11.7. The van der Waals surface area contributed by atoms with Crippen molar-refractivity contribution in [3.05, 3.63) is 58.6 Å². The van der Waals surface area contributed by atoms with Gasteiger partial charge in [0.1, 0.15) is 10.6 Å². The number of rotatable bonds is 9. The van der Waals surface area contributed by atoms with Gasteiger partial charge in [-0.2, -0.15) is 0 Å². The van der Waals surface area contributed by atoms with Crippen LogP contribution in [0.2, 0.25) is 5.02 Å². The van der Waals surface area contributed by atoms with Gasteiger partial charge in [-0.3, -0.25) is 0 Å². The molecule has 2 aromatic rings. The zero-order valence-electron chi connectivity index (χ0n) is 20.1. The molecule has 0 radical (unpaired) electrons. The Balaban J connectivity index is 0.00000380. The summed E-state index contributed by atoms with van der Waals surface area (Å²) in [5.41, 5.74) is -0.378. The second-order valence-electron chi connectivity index (χ2n) is 8.95. The van der Waals surface area contributed by atoms with Crippen LogP contribution >= 0.6 is 24.0 Å². The average Bonchev–Trinajstić information content (AvgIpc) is 2.84. The molecule has 3 atom stereocenters. The zero-order valence-corrected chi connectivity index (χ0v) is 23.3. The summed E-state index contributed by atoms with van der Waals surface area (Å²) >= 11 is 5.96. The third-order valence-electron chi connectivity index (χ3n) is 6.90. The van der Waals surface area contributed by atoms with E-state index >= 15 is 4.39 Å². The van der Waals surface area contributed by atoms with Crippen LogP contribution in [0.25, 0.3) is 0 Å². The monoisotopic (exact) mass is 599 g/mol. The maximum atomic E-state index is 15.4. The smallest absolute Gasteiger partial charge is 0.189 e. The van der Waals surface area contributed by atoms with E-state index in [0.29, 0.717) is 18.1 Å². The lowest BCUT2D eigenvalue weighted by molar-refractivity contribution is -0.0732. The second kappa shape index (κ2) is 11.7. The minimum Gasteiger partial charge on any atom is -0.490 e. The van der Waals surface area contributed by atoms with Crippen molar-refractivity contribution in [2.24, 2.45) is 5.92 Å². The predicted octanol–water partition coefficient (Wildman–Crippen LogP) is 3.92. The van der Waals surface area contributed by atoms with Crippen molar-refractivity contribution in [2.75, 3.05) is 37.8 Å². The van der Waals surface area contributed by atoms with Crippen molar-refractivity contribution < 1.29 is 35.1 Å². The van der Waals surface area contributed by atoms with Gasteiger partial charge in [-0.25, -0.2) is 25.6 Å². The lowest BCUT2D eigenvalue weighted by Crippen LogP contribution is -2.57. The van der Waals surface area contributed by atoms with E-state index in [1.165, 1.54) is 24.3 Å². The highest BCUT2D eigenvalue weighted by Gasteiger charge is 2.61. The Hall–Kier alpha value is -1.50. The number of hydrogen-bond acceptors (Lipinski definition) is 7. The lowest BCUT2D eigenvalue weighted by Gasteiger charge is -2.50.